The van der Waals surface area contributed by atoms with Crippen LogP contribution in [0.15, 0.2) is 36.4 Å². The molecule has 0 bridgehead atoms. The monoisotopic (exact) mass is 416 g/mol. The third-order valence-corrected chi connectivity index (χ3v) is 5.49. The van der Waals surface area contributed by atoms with Crippen molar-refractivity contribution in [1.82, 2.24) is 10.2 Å². The van der Waals surface area contributed by atoms with Gasteiger partial charge in [0, 0.05) is 31.8 Å². The number of hydrogen-bond donors (Lipinski definition) is 1. The largest absolute Gasteiger partial charge is 0.493 e. The van der Waals surface area contributed by atoms with Crippen molar-refractivity contribution in [2.45, 2.75) is 32.0 Å². The van der Waals surface area contributed by atoms with Crippen molar-refractivity contribution in [2.75, 3.05) is 34.5 Å². The molecule has 1 aliphatic rings. The van der Waals surface area contributed by atoms with Gasteiger partial charge >= 0.3 is 0 Å². The van der Waals surface area contributed by atoms with Gasteiger partial charge in [-0.3, -0.25) is 9.69 Å². The number of nitrogens with one attached hydrogen (secondary N) is 1. The first-order valence-corrected chi connectivity index (χ1v) is 9.99. The molecule has 0 aromatic heterocycles. The molecule has 0 saturated carbocycles. The molecule has 0 aliphatic carbocycles. The maximum atomic E-state index is 14.3. The lowest BCUT2D eigenvalue weighted by atomic mass is 9.87. The van der Waals surface area contributed by atoms with E-state index in [2.05, 4.69) is 10.2 Å². The Labute approximate surface area is 176 Å². The molecular weight excluding hydrogens is 387 g/mol. The number of amides is 1. The molecule has 1 N–H and O–H groups in total. The molecule has 3 rings (SSSR count). The minimum atomic E-state index is -0.231. The molecule has 30 heavy (non-hydrogen) atoms. The molecule has 1 heterocycles. The standard InChI is InChI=1S/C23H29FN2O4/c1-15(25-22(27)14-28-2)23-18-12-21(30-4)20(29-3)11-16(18)9-10-26(23)13-17-7-5-6-8-19(17)24/h5-8,11-12,15,23H,9-10,13-14H2,1-4H3,(H,25,27)/t15-,23-/m1/s1. The number of carbonyl (C=O) groups excluding carboxylic acids is 1. The molecule has 0 unspecified atom stereocenters. The van der Waals surface area contributed by atoms with Gasteiger partial charge in [-0.15, -0.1) is 0 Å². The fourth-order valence-electron chi connectivity index (χ4n) is 4.14. The summed E-state index contributed by atoms with van der Waals surface area (Å²) in [6, 6.07) is 10.4. The van der Waals surface area contributed by atoms with Gasteiger partial charge in [-0.05, 0) is 42.7 Å². The van der Waals surface area contributed by atoms with Crippen LogP contribution in [0.5, 0.6) is 11.5 Å². The Morgan fingerprint density at radius 1 is 1.20 bits per heavy atom. The zero-order valence-electron chi connectivity index (χ0n) is 17.9. The molecule has 0 saturated heterocycles. The minimum Gasteiger partial charge on any atom is -0.493 e. The highest BCUT2D eigenvalue weighted by molar-refractivity contribution is 5.77. The number of nitrogens with zero attached hydrogens (tertiary/aromatic N) is 1. The van der Waals surface area contributed by atoms with E-state index < -0.39 is 0 Å². The first kappa shape index (κ1) is 22.1. The van der Waals surface area contributed by atoms with Gasteiger partial charge in [-0.1, -0.05) is 18.2 Å². The number of ether oxygens (including phenoxy) is 3. The zero-order chi connectivity index (χ0) is 21.7. The predicted molar refractivity (Wildman–Crippen MR) is 112 cm³/mol. The van der Waals surface area contributed by atoms with Crippen molar-refractivity contribution in [1.29, 1.82) is 0 Å². The summed E-state index contributed by atoms with van der Waals surface area (Å²) in [6.07, 6.45) is 0.791. The average molecular weight is 416 g/mol. The van der Waals surface area contributed by atoms with Crippen LogP contribution in [0.3, 0.4) is 0 Å². The third-order valence-electron chi connectivity index (χ3n) is 5.49. The first-order valence-electron chi connectivity index (χ1n) is 9.99. The van der Waals surface area contributed by atoms with E-state index >= 15 is 0 Å². The van der Waals surface area contributed by atoms with Crippen molar-refractivity contribution in [3.63, 3.8) is 0 Å². The Morgan fingerprint density at radius 3 is 2.57 bits per heavy atom. The summed E-state index contributed by atoms with van der Waals surface area (Å²) < 4.78 is 30.3. The van der Waals surface area contributed by atoms with Gasteiger partial charge in [0.25, 0.3) is 0 Å². The van der Waals surface area contributed by atoms with Crippen LogP contribution in [0, 0.1) is 5.82 Å². The molecule has 2 aromatic rings. The van der Waals surface area contributed by atoms with E-state index in [0.717, 1.165) is 24.1 Å². The summed E-state index contributed by atoms with van der Waals surface area (Å²) in [5.74, 6) is 0.881. The Balaban J connectivity index is 1.99. The fourth-order valence-corrected chi connectivity index (χ4v) is 4.14. The quantitative estimate of drug-likeness (QED) is 0.717. The Morgan fingerprint density at radius 2 is 1.90 bits per heavy atom. The van der Waals surface area contributed by atoms with Gasteiger partial charge in [0.1, 0.15) is 12.4 Å². The highest BCUT2D eigenvalue weighted by atomic mass is 19.1. The molecule has 162 valence electrons. The Bertz CT molecular complexity index is 890. The predicted octanol–water partition coefficient (Wildman–Crippen LogP) is 3.09. The first-order chi connectivity index (χ1) is 14.5. The van der Waals surface area contributed by atoms with Crippen LogP contribution in [0.4, 0.5) is 4.39 Å². The molecular formula is C23H29FN2O4. The Kier molecular flexibility index (Phi) is 7.29. The van der Waals surface area contributed by atoms with E-state index in [0.29, 0.717) is 23.6 Å². The normalized spacial score (nSPS) is 17.2. The van der Waals surface area contributed by atoms with E-state index in [1.165, 1.54) is 13.2 Å². The second kappa shape index (κ2) is 9.91. The SMILES string of the molecule is COCC(=O)N[C@H](C)[C@@H]1c2cc(OC)c(OC)cc2CCN1Cc1ccccc1F. The zero-order valence-corrected chi connectivity index (χ0v) is 17.9. The van der Waals surface area contributed by atoms with Crippen molar-refractivity contribution in [3.05, 3.63) is 58.9 Å². The van der Waals surface area contributed by atoms with Crippen molar-refractivity contribution in [3.8, 4) is 11.5 Å². The van der Waals surface area contributed by atoms with Crippen LogP contribution < -0.4 is 14.8 Å². The summed E-state index contributed by atoms with van der Waals surface area (Å²) in [5, 5.41) is 3.02. The smallest absolute Gasteiger partial charge is 0.246 e. The molecule has 7 heteroatoms. The van der Waals surface area contributed by atoms with Crippen LogP contribution in [-0.2, 0) is 22.5 Å². The van der Waals surface area contributed by atoms with Crippen molar-refractivity contribution >= 4 is 5.91 Å². The third kappa shape index (κ3) is 4.74. The molecule has 2 aromatic carbocycles. The topological polar surface area (TPSA) is 60.0 Å². The second-order valence-electron chi connectivity index (χ2n) is 7.45. The van der Waals surface area contributed by atoms with Crippen molar-refractivity contribution in [2.24, 2.45) is 0 Å². The fraction of sp³-hybridized carbons (Fsp3) is 0.435. The van der Waals surface area contributed by atoms with Gasteiger partial charge in [-0.2, -0.15) is 0 Å². The maximum absolute atomic E-state index is 14.3. The van der Waals surface area contributed by atoms with Gasteiger partial charge in [0.15, 0.2) is 11.5 Å². The number of fused-ring (bicyclic) bond motifs is 1. The lowest BCUT2D eigenvalue weighted by Gasteiger charge is -2.41. The minimum absolute atomic E-state index is 0.0107. The number of hydrogen-bond acceptors (Lipinski definition) is 5. The van der Waals surface area contributed by atoms with Crippen LogP contribution in [0.1, 0.15) is 29.7 Å². The summed E-state index contributed by atoms with van der Waals surface area (Å²) in [7, 11) is 4.70. The Hall–Kier alpha value is -2.64. The second-order valence-corrected chi connectivity index (χ2v) is 7.45. The van der Waals surface area contributed by atoms with E-state index in [1.54, 1.807) is 26.4 Å². The van der Waals surface area contributed by atoms with E-state index in [1.807, 2.05) is 25.1 Å². The molecule has 0 radical (unpaired) electrons. The summed E-state index contributed by atoms with van der Waals surface area (Å²) >= 11 is 0. The molecule has 2 atom stereocenters. The van der Waals surface area contributed by atoms with Crippen LogP contribution in [0.2, 0.25) is 0 Å². The number of methoxy groups -OCH3 is 3. The van der Waals surface area contributed by atoms with Gasteiger partial charge in [-0.25, -0.2) is 4.39 Å². The summed E-state index contributed by atoms with van der Waals surface area (Å²) in [5.41, 5.74) is 2.80. The molecule has 0 fully saturated rings. The highest BCUT2D eigenvalue weighted by Crippen LogP contribution is 2.40. The van der Waals surface area contributed by atoms with Crippen molar-refractivity contribution < 1.29 is 23.4 Å². The lowest BCUT2D eigenvalue weighted by molar-refractivity contribution is -0.125. The molecule has 1 aliphatic heterocycles. The summed E-state index contributed by atoms with van der Waals surface area (Å²) in [6.45, 7) is 3.11. The van der Waals surface area contributed by atoms with Gasteiger partial charge in [0.05, 0.1) is 20.3 Å². The maximum Gasteiger partial charge on any atom is 0.246 e. The summed E-state index contributed by atoms with van der Waals surface area (Å²) in [4.78, 5) is 14.4. The molecule has 0 spiro atoms. The lowest BCUT2D eigenvalue weighted by Crippen LogP contribution is -2.48. The molecule has 1 amide bonds. The number of carbonyl (C=O) groups is 1. The van der Waals surface area contributed by atoms with Crippen LogP contribution in [-0.4, -0.2) is 51.3 Å². The van der Waals surface area contributed by atoms with Crippen LogP contribution in [0.25, 0.3) is 0 Å². The number of benzene rings is 2. The highest BCUT2D eigenvalue weighted by Gasteiger charge is 2.34. The van der Waals surface area contributed by atoms with E-state index in [9.17, 15) is 9.18 Å². The van der Waals surface area contributed by atoms with E-state index in [4.69, 9.17) is 14.2 Å². The van der Waals surface area contributed by atoms with Gasteiger partial charge < -0.3 is 19.5 Å². The van der Waals surface area contributed by atoms with Gasteiger partial charge in [0.2, 0.25) is 5.91 Å². The van der Waals surface area contributed by atoms with Crippen LogP contribution >= 0.6 is 0 Å². The average Bonchev–Trinajstić information content (AvgIpc) is 2.74. The molecule has 6 nitrogen and oxygen atoms in total. The van der Waals surface area contributed by atoms with E-state index in [-0.39, 0.29) is 30.4 Å². The number of rotatable bonds is 8. The number of halogens is 1.